The summed E-state index contributed by atoms with van der Waals surface area (Å²) in [6.45, 7) is 6.40. The van der Waals surface area contributed by atoms with Gasteiger partial charge in [-0.1, -0.05) is 239 Å². The van der Waals surface area contributed by atoms with Gasteiger partial charge in [0.05, 0.1) is 0 Å². The van der Waals surface area contributed by atoms with Crippen molar-refractivity contribution in [3.8, 4) is 0 Å². The molecule has 384 valence electrons. The molecule has 1 atom stereocenters. The lowest BCUT2D eigenvalue weighted by Crippen LogP contribution is -2.30. The largest absolute Gasteiger partial charge is 0.462 e. The molecule has 0 aromatic carbocycles. The second kappa shape index (κ2) is 55.4. The maximum Gasteiger partial charge on any atom is 0.306 e. The van der Waals surface area contributed by atoms with Crippen LogP contribution >= 0.6 is 0 Å². The first-order valence-corrected chi connectivity index (χ1v) is 27.6. The number of unbranched alkanes of at least 4 members (excludes halogenated alkanes) is 23. The topological polar surface area (TPSA) is 78.9 Å². The molecule has 0 aliphatic heterocycles. The Hall–Kier alpha value is -4.19. The summed E-state index contributed by atoms with van der Waals surface area (Å²) in [7, 11) is 0. The Morgan fingerprint density at radius 3 is 1.07 bits per heavy atom. The molecule has 0 aromatic rings. The van der Waals surface area contributed by atoms with Crippen LogP contribution in [0.1, 0.15) is 233 Å². The molecule has 0 spiro atoms. The Balaban J connectivity index is 4.54. The molecule has 0 aromatic heterocycles. The van der Waals surface area contributed by atoms with Crippen LogP contribution in [0, 0.1) is 0 Å². The van der Waals surface area contributed by atoms with Gasteiger partial charge < -0.3 is 14.2 Å². The molecule has 0 aliphatic carbocycles. The van der Waals surface area contributed by atoms with Crippen LogP contribution in [0.3, 0.4) is 0 Å². The van der Waals surface area contributed by atoms with Crippen LogP contribution < -0.4 is 0 Å². The van der Waals surface area contributed by atoms with Crippen LogP contribution in [0.4, 0.5) is 0 Å². The summed E-state index contributed by atoms with van der Waals surface area (Å²) in [5.41, 5.74) is 0. The molecule has 6 heteroatoms. The van der Waals surface area contributed by atoms with Crippen LogP contribution in [0.25, 0.3) is 0 Å². The predicted octanol–water partition coefficient (Wildman–Crippen LogP) is 18.5. The molecule has 1 unspecified atom stereocenters. The summed E-state index contributed by atoms with van der Waals surface area (Å²) < 4.78 is 16.8. The van der Waals surface area contributed by atoms with Crippen LogP contribution in [-0.2, 0) is 28.6 Å². The van der Waals surface area contributed by atoms with Crippen molar-refractivity contribution in [1.82, 2.24) is 0 Å². The van der Waals surface area contributed by atoms with E-state index in [2.05, 4.69) is 69.4 Å². The first-order chi connectivity index (χ1) is 33.5. The summed E-state index contributed by atoms with van der Waals surface area (Å²) in [5.74, 6) is -0.979. The van der Waals surface area contributed by atoms with Crippen molar-refractivity contribution in [2.24, 2.45) is 0 Å². The normalized spacial score (nSPS) is 13.0. The van der Waals surface area contributed by atoms with E-state index in [4.69, 9.17) is 14.2 Å². The van der Waals surface area contributed by atoms with Crippen LogP contribution in [0.2, 0.25) is 0 Å². The highest BCUT2D eigenvalue weighted by molar-refractivity contribution is 5.71. The molecular weight excluding hydrogens is 841 g/mol. The summed E-state index contributed by atoms with van der Waals surface area (Å²) in [4.78, 5) is 38.1. The van der Waals surface area contributed by atoms with Crippen molar-refractivity contribution in [1.29, 1.82) is 0 Å². The van der Waals surface area contributed by atoms with Gasteiger partial charge in [0, 0.05) is 19.3 Å². The van der Waals surface area contributed by atoms with Gasteiger partial charge in [0.15, 0.2) is 6.10 Å². The molecule has 68 heavy (non-hydrogen) atoms. The van der Waals surface area contributed by atoms with Gasteiger partial charge in [-0.2, -0.15) is 0 Å². The van der Waals surface area contributed by atoms with Gasteiger partial charge in [-0.25, -0.2) is 0 Å². The molecule has 0 rings (SSSR count). The van der Waals surface area contributed by atoms with E-state index < -0.39 is 6.10 Å². The van der Waals surface area contributed by atoms with E-state index >= 15 is 0 Å². The minimum atomic E-state index is -0.811. The zero-order valence-corrected chi connectivity index (χ0v) is 43.8. The molecule has 0 amide bonds. The van der Waals surface area contributed by atoms with Crippen molar-refractivity contribution in [2.45, 2.75) is 239 Å². The third kappa shape index (κ3) is 52.8. The van der Waals surface area contributed by atoms with Gasteiger partial charge in [0.2, 0.25) is 0 Å². The van der Waals surface area contributed by atoms with Gasteiger partial charge in [0.25, 0.3) is 0 Å². The summed E-state index contributed by atoms with van der Waals surface area (Å²) in [6, 6.07) is 0. The van der Waals surface area contributed by atoms with Crippen molar-refractivity contribution in [3.05, 3.63) is 122 Å². The monoisotopic (exact) mass is 941 g/mol. The molecule has 0 radical (unpaired) electrons. The fourth-order valence-electron chi connectivity index (χ4n) is 7.21. The van der Waals surface area contributed by atoms with Gasteiger partial charge in [-0.3, -0.25) is 14.4 Å². The Morgan fingerprint density at radius 1 is 0.324 bits per heavy atom. The van der Waals surface area contributed by atoms with Crippen LogP contribution in [0.5, 0.6) is 0 Å². The number of carbonyl (C=O) groups is 3. The Labute approximate surface area is 418 Å². The fraction of sp³-hybridized carbons (Fsp3) is 0.629. The first kappa shape index (κ1) is 63.8. The van der Waals surface area contributed by atoms with Crippen molar-refractivity contribution in [3.63, 3.8) is 0 Å². The Kier molecular flexibility index (Phi) is 52.0. The summed E-state index contributed by atoms with van der Waals surface area (Å²) >= 11 is 0. The fourth-order valence-corrected chi connectivity index (χ4v) is 7.21. The van der Waals surface area contributed by atoms with Crippen molar-refractivity contribution < 1.29 is 28.6 Å². The zero-order valence-electron chi connectivity index (χ0n) is 43.8. The highest BCUT2D eigenvalue weighted by Crippen LogP contribution is 2.14. The standard InChI is InChI=1S/C62H100O6/c1-4-7-10-13-16-19-22-25-28-30-31-33-34-37-40-43-46-49-52-55-61(64)67-58-59(57-66-60(63)54-51-48-45-42-39-36-27-24-21-18-15-12-9-6-3)68-62(65)56-53-50-47-44-41-38-35-32-29-26-23-20-17-14-11-8-5-2/h7,10,13,16-17,19-20,22,25-26,28-31,33-34,36-37,39-40,59H,4-6,8-9,11-12,14-15,18,21,23-24,27,32,35,38,41-58H2,1-3H3/b10-7-,16-13-,20-17-,22-19-,28-25-,29-26-,31-30+,34-33-,39-36-,40-37-. The summed E-state index contributed by atoms with van der Waals surface area (Å²) in [5, 5.41) is 0. The molecule has 0 saturated carbocycles. The van der Waals surface area contributed by atoms with E-state index in [9.17, 15) is 14.4 Å². The predicted molar refractivity (Wildman–Crippen MR) is 293 cm³/mol. The average molecular weight is 941 g/mol. The minimum Gasteiger partial charge on any atom is -0.462 e. The number of hydrogen-bond donors (Lipinski definition) is 0. The van der Waals surface area contributed by atoms with Crippen molar-refractivity contribution >= 4 is 17.9 Å². The van der Waals surface area contributed by atoms with E-state index in [1.54, 1.807) is 0 Å². The van der Waals surface area contributed by atoms with Crippen LogP contribution in [0.15, 0.2) is 122 Å². The van der Waals surface area contributed by atoms with Crippen LogP contribution in [-0.4, -0.2) is 37.2 Å². The second-order valence-corrected chi connectivity index (χ2v) is 17.9. The quantitative estimate of drug-likeness (QED) is 0.0199. The van der Waals surface area contributed by atoms with E-state index in [0.717, 1.165) is 96.3 Å². The molecule has 6 nitrogen and oxygen atoms in total. The lowest BCUT2D eigenvalue weighted by molar-refractivity contribution is -0.167. The maximum absolute atomic E-state index is 12.8. The average Bonchev–Trinajstić information content (AvgIpc) is 3.34. The molecule has 0 saturated heterocycles. The maximum atomic E-state index is 12.8. The number of hydrogen-bond acceptors (Lipinski definition) is 6. The van der Waals surface area contributed by atoms with E-state index in [-0.39, 0.29) is 31.1 Å². The van der Waals surface area contributed by atoms with E-state index in [1.807, 2.05) is 72.9 Å². The van der Waals surface area contributed by atoms with Gasteiger partial charge in [0.1, 0.15) is 13.2 Å². The number of allylic oxidation sites excluding steroid dienone is 20. The number of esters is 3. The molecule has 0 heterocycles. The molecule has 0 bridgehead atoms. The smallest absolute Gasteiger partial charge is 0.306 e. The first-order valence-electron chi connectivity index (χ1n) is 27.6. The van der Waals surface area contributed by atoms with Crippen molar-refractivity contribution in [2.75, 3.05) is 13.2 Å². The minimum absolute atomic E-state index is 0.107. The molecule has 0 aliphatic rings. The molecular formula is C62H100O6. The highest BCUT2D eigenvalue weighted by atomic mass is 16.6. The summed E-state index contributed by atoms with van der Waals surface area (Å²) in [6.07, 6.45) is 76.0. The van der Waals surface area contributed by atoms with E-state index in [1.165, 1.54) is 96.3 Å². The SMILES string of the molecule is CC\C=C/C=C\C=C/C=C\C=C\C=C/C=C\CCCCCC(=O)OCC(COC(=O)CCCCC/C=C\CCCCCCCCC)OC(=O)CCCCCCCCC/C=C\C/C=C\CCCCC. The number of ether oxygens (including phenoxy) is 3. The number of carbonyl (C=O) groups excluding carboxylic acids is 3. The van der Waals surface area contributed by atoms with Gasteiger partial charge in [-0.05, 0) is 96.3 Å². The third-order valence-electron chi connectivity index (χ3n) is 11.4. The van der Waals surface area contributed by atoms with E-state index in [0.29, 0.717) is 19.3 Å². The third-order valence-corrected chi connectivity index (χ3v) is 11.4. The highest BCUT2D eigenvalue weighted by Gasteiger charge is 2.19. The Morgan fingerprint density at radius 2 is 0.632 bits per heavy atom. The van der Waals surface area contributed by atoms with Gasteiger partial charge >= 0.3 is 17.9 Å². The molecule has 0 N–H and O–H groups in total. The molecule has 0 fully saturated rings. The second-order valence-electron chi connectivity index (χ2n) is 17.9. The Bertz CT molecular complexity index is 1450. The number of rotatable bonds is 48. The lowest BCUT2D eigenvalue weighted by Gasteiger charge is -2.18. The zero-order chi connectivity index (χ0) is 49.3. The van der Waals surface area contributed by atoms with Gasteiger partial charge in [-0.15, -0.1) is 0 Å². The lowest BCUT2D eigenvalue weighted by atomic mass is 10.1.